The van der Waals surface area contributed by atoms with Gasteiger partial charge in [0.2, 0.25) is 0 Å². The van der Waals surface area contributed by atoms with Gasteiger partial charge in [-0.25, -0.2) is 9.78 Å². The van der Waals surface area contributed by atoms with Crippen LogP contribution in [0.2, 0.25) is 0 Å². The third-order valence-electron chi connectivity index (χ3n) is 2.51. The number of rotatable bonds is 5. The van der Waals surface area contributed by atoms with Crippen LogP contribution in [0.1, 0.15) is 24.2 Å². The lowest BCUT2D eigenvalue weighted by Gasteiger charge is -2.21. The van der Waals surface area contributed by atoms with Crippen LogP contribution < -0.4 is 10.6 Å². The summed E-state index contributed by atoms with van der Waals surface area (Å²) in [5.41, 5.74) is 6.36. The van der Waals surface area contributed by atoms with Gasteiger partial charge in [-0.2, -0.15) is 5.26 Å². The summed E-state index contributed by atoms with van der Waals surface area (Å²) >= 11 is 0. The molecule has 6 heteroatoms. The van der Waals surface area contributed by atoms with Crippen molar-refractivity contribution >= 4 is 17.5 Å². The van der Waals surface area contributed by atoms with Gasteiger partial charge >= 0.3 is 5.97 Å². The summed E-state index contributed by atoms with van der Waals surface area (Å²) in [5, 5.41) is 8.83. The molecule has 6 nitrogen and oxygen atoms in total. The molecule has 1 aromatic heterocycles. The third kappa shape index (κ3) is 3.85. The Bertz CT molecular complexity index is 496. The molecule has 1 aromatic rings. The van der Waals surface area contributed by atoms with Gasteiger partial charge in [-0.05, 0) is 19.9 Å². The Morgan fingerprint density at radius 3 is 2.95 bits per heavy atom. The molecule has 2 N–H and O–H groups in total. The van der Waals surface area contributed by atoms with E-state index in [4.69, 9.17) is 15.7 Å². The second kappa shape index (κ2) is 6.59. The van der Waals surface area contributed by atoms with Gasteiger partial charge < -0.3 is 15.4 Å². The number of nitrogens with zero attached hydrogens (tertiary/aromatic N) is 3. The molecular weight excluding hydrogens is 244 g/mol. The molecule has 0 aliphatic heterocycles. The van der Waals surface area contributed by atoms with E-state index >= 15 is 0 Å². The van der Waals surface area contributed by atoms with E-state index in [1.165, 1.54) is 12.3 Å². The number of carbonyl (C=O) groups is 1. The summed E-state index contributed by atoms with van der Waals surface area (Å²) < 4.78 is 4.98. The zero-order valence-corrected chi connectivity index (χ0v) is 11.4. The first kappa shape index (κ1) is 14.8. The lowest BCUT2D eigenvalue weighted by Crippen LogP contribution is -2.26. The molecule has 0 radical (unpaired) electrons. The molecular formula is C13H18N4O2. The van der Waals surface area contributed by atoms with Crippen LogP contribution in [0.5, 0.6) is 0 Å². The zero-order valence-electron chi connectivity index (χ0n) is 11.4. The first-order valence-electron chi connectivity index (χ1n) is 6.03. The highest BCUT2D eigenvalue weighted by Gasteiger charge is 2.18. The second-order valence-corrected chi connectivity index (χ2v) is 4.27. The molecule has 19 heavy (non-hydrogen) atoms. The molecule has 0 bridgehead atoms. The summed E-state index contributed by atoms with van der Waals surface area (Å²) in [5.74, 6) is -0.164. The van der Waals surface area contributed by atoms with E-state index in [1.54, 1.807) is 25.8 Å². The minimum Gasteiger partial charge on any atom is -0.462 e. The van der Waals surface area contributed by atoms with Gasteiger partial charge in [0.1, 0.15) is 11.4 Å². The topological polar surface area (TPSA) is 92.2 Å². The van der Waals surface area contributed by atoms with Crippen molar-refractivity contribution in [2.45, 2.75) is 13.8 Å². The predicted octanol–water partition coefficient (Wildman–Crippen LogP) is 1.44. The molecule has 0 amide bonds. The van der Waals surface area contributed by atoms with Crippen molar-refractivity contribution in [2.75, 3.05) is 30.8 Å². The van der Waals surface area contributed by atoms with Gasteiger partial charge in [-0.3, -0.25) is 0 Å². The number of hydrogen-bond donors (Lipinski definition) is 1. The highest BCUT2D eigenvalue weighted by molar-refractivity contribution is 5.95. The van der Waals surface area contributed by atoms with Crippen molar-refractivity contribution in [1.29, 1.82) is 5.26 Å². The van der Waals surface area contributed by atoms with Crippen molar-refractivity contribution in [3.8, 4) is 6.07 Å². The molecule has 102 valence electrons. The van der Waals surface area contributed by atoms with Crippen molar-refractivity contribution < 1.29 is 9.53 Å². The minimum absolute atomic E-state index is 0.167. The van der Waals surface area contributed by atoms with Crippen LogP contribution in [-0.4, -0.2) is 31.2 Å². The number of nitrogen functional groups attached to an aromatic ring is 1. The summed E-state index contributed by atoms with van der Waals surface area (Å²) in [6, 6.07) is 3.68. The Balaban J connectivity index is 3.06. The smallest absolute Gasteiger partial charge is 0.341 e. The van der Waals surface area contributed by atoms with E-state index in [0.717, 1.165) is 0 Å². The molecule has 1 unspecified atom stereocenters. The normalized spacial score (nSPS) is 11.5. The third-order valence-corrected chi connectivity index (χ3v) is 2.51. The first-order valence-corrected chi connectivity index (χ1v) is 6.03. The van der Waals surface area contributed by atoms with Crippen molar-refractivity contribution in [3.63, 3.8) is 0 Å². The fourth-order valence-electron chi connectivity index (χ4n) is 1.68. The van der Waals surface area contributed by atoms with Crippen LogP contribution in [0, 0.1) is 17.2 Å². The summed E-state index contributed by atoms with van der Waals surface area (Å²) in [6.45, 7) is 4.29. The highest BCUT2D eigenvalue weighted by Crippen LogP contribution is 2.20. The van der Waals surface area contributed by atoms with Gasteiger partial charge in [0, 0.05) is 13.6 Å². The van der Waals surface area contributed by atoms with Crippen molar-refractivity contribution in [2.24, 2.45) is 5.92 Å². The Labute approximate surface area is 112 Å². The van der Waals surface area contributed by atoms with Crippen LogP contribution in [0.3, 0.4) is 0 Å². The largest absolute Gasteiger partial charge is 0.462 e. The molecule has 0 saturated heterocycles. The molecule has 0 fully saturated rings. The number of esters is 1. The van der Waals surface area contributed by atoms with Gasteiger partial charge in [-0.1, -0.05) is 0 Å². The Morgan fingerprint density at radius 2 is 2.37 bits per heavy atom. The van der Waals surface area contributed by atoms with Crippen LogP contribution in [-0.2, 0) is 4.74 Å². The molecule has 0 saturated carbocycles. The fraction of sp³-hybridized carbons (Fsp3) is 0.462. The summed E-state index contributed by atoms with van der Waals surface area (Å²) in [7, 11) is 1.77. The van der Waals surface area contributed by atoms with Crippen LogP contribution in [0.4, 0.5) is 11.5 Å². The molecule has 0 aromatic carbocycles. The molecule has 0 spiro atoms. The summed E-state index contributed by atoms with van der Waals surface area (Å²) in [6.07, 6.45) is 1.48. The number of pyridine rings is 1. The highest BCUT2D eigenvalue weighted by atomic mass is 16.5. The van der Waals surface area contributed by atoms with Gasteiger partial charge in [0.05, 0.1) is 30.5 Å². The zero-order chi connectivity index (χ0) is 14.4. The SMILES string of the molecule is CCOC(=O)c1cc(N)cnc1N(C)CC(C)C#N. The summed E-state index contributed by atoms with van der Waals surface area (Å²) in [4.78, 5) is 17.8. The van der Waals surface area contributed by atoms with E-state index in [1.807, 2.05) is 0 Å². The number of anilines is 2. The number of carbonyl (C=O) groups excluding carboxylic acids is 1. The Morgan fingerprint density at radius 1 is 1.68 bits per heavy atom. The first-order chi connectivity index (χ1) is 8.99. The van der Waals surface area contributed by atoms with Crippen LogP contribution in [0.15, 0.2) is 12.3 Å². The Kier molecular flexibility index (Phi) is 5.12. The average molecular weight is 262 g/mol. The standard InChI is InChI=1S/C13H18N4O2/c1-4-19-13(18)11-5-10(15)7-16-12(11)17(3)8-9(2)6-14/h5,7,9H,4,8,15H2,1-3H3. The number of ether oxygens (including phenoxy) is 1. The minimum atomic E-state index is -0.464. The molecule has 1 heterocycles. The fourth-order valence-corrected chi connectivity index (χ4v) is 1.68. The van der Waals surface area contributed by atoms with Crippen LogP contribution in [0.25, 0.3) is 0 Å². The van der Waals surface area contributed by atoms with Crippen LogP contribution >= 0.6 is 0 Å². The lowest BCUT2D eigenvalue weighted by molar-refractivity contribution is 0.0526. The van der Waals surface area contributed by atoms with Crippen molar-refractivity contribution in [1.82, 2.24) is 4.98 Å². The molecule has 0 aliphatic rings. The molecule has 1 atom stereocenters. The van der Waals surface area contributed by atoms with Gasteiger partial charge in [0.25, 0.3) is 0 Å². The number of nitrogens with two attached hydrogens (primary N) is 1. The Hall–Kier alpha value is -2.29. The number of hydrogen-bond acceptors (Lipinski definition) is 6. The van der Waals surface area contributed by atoms with E-state index in [0.29, 0.717) is 23.6 Å². The van der Waals surface area contributed by atoms with E-state index < -0.39 is 5.97 Å². The van der Waals surface area contributed by atoms with E-state index in [-0.39, 0.29) is 12.5 Å². The van der Waals surface area contributed by atoms with E-state index in [2.05, 4.69) is 11.1 Å². The van der Waals surface area contributed by atoms with Crippen molar-refractivity contribution in [3.05, 3.63) is 17.8 Å². The average Bonchev–Trinajstić information content (AvgIpc) is 2.38. The molecule has 0 aliphatic carbocycles. The number of nitriles is 1. The second-order valence-electron chi connectivity index (χ2n) is 4.27. The maximum Gasteiger partial charge on any atom is 0.341 e. The predicted molar refractivity (Wildman–Crippen MR) is 72.7 cm³/mol. The lowest BCUT2D eigenvalue weighted by atomic mass is 10.1. The maximum absolute atomic E-state index is 11.9. The number of aromatic nitrogens is 1. The monoisotopic (exact) mass is 262 g/mol. The van der Waals surface area contributed by atoms with Gasteiger partial charge in [0.15, 0.2) is 0 Å². The quantitative estimate of drug-likeness (QED) is 0.807. The van der Waals surface area contributed by atoms with Gasteiger partial charge in [-0.15, -0.1) is 0 Å². The molecule has 1 rings (SSSR count). The van der Waals surface area contributed by atoms with E-state index in [9.17, 15) is 4.79 Å². The maximum atomic E-state index is 11.9.